The molecular formula is C23H20O5. The molecule has 0 fully saturated rings. The third kappa shape index (κ3) is 5.14. The molecule has 0 heterocycles. The Morgan fingerprint density at radius 2 is 1.39 bits per heavy atom. The topological polar surface area (TPSA) is 54.0 Å². The summed E-state index contributed by atoms with van der Waals surface area (Å²) in [7, 11) is 3.14. The van der Waals surface area contributed by atoms with Gasteiger partial charge >= 0.3 is 5.97 Å². The van der Waals surface area contributed by atoms with Gasteiger partial charge in [0.25, 0.3) is 0 Å². The summed E-state index contributed by atoms with van der Waals surface area (Å²) in [6.45, 7) is 0. The van der Waals surface area contributed by atoms with Gasteiger partial charge in [-0.2, -0.15) is 0 Å². The van der Waals surface area contributed by atoms with Crippen LogP contribution in [0.3, 0.4) is 0 Å². The van der Waals surface area contributed by atoms with Crippen LogP contribution in [0.2, 0.25) is 0 Å². The lowest BCUT2D eigenvalue weighted by Gasteiger charge is -2.07. The quantitative estimate of drug-likeness (QED) is 0.326. The van der Waals surface area contributed by atoms with Gasteiger partial charge in [-0.25, -0.2) is 4.79 Å². The normalized spacial score (nSPS) is 10.5. The van der Waals surface area contributed by atoms with Crippen LogP contribution in [0.15, 0.2) is 78.9 Å². The number of ether oxygens (including phenoxy) is 4. The van der Waals surface area contributed by atoms with Crippen LogP contribution in [0.4, 0.5) is 0 Å². The molecular weight excluding hydrogens is 356 g/mol. The maximum absolute atomic E-state index is 12.1. The van der Waals surface area contributed by atoms with E-state index in [9.17, 15) is 4.79 Å². The molecule has 142 valence electrons. The van der Waals surface area contributed by atoms with Gasteiger partial charge in [0.05, 0.1) is 14.2 Å². The summed E-state index contributed by atoms with van der Waals surface area (Å²) in [5.74, 6) is 2.62. The SMILES string of the molecule is COc1ccc(OC)c(/C=C/C(=O)Oc2ccc(Oc3ccccc3)cc2)c1. The van der Waals surface area contributed by atoms with Gasteiger partial charge in [0, 0.05) is 11.6 Å². The number of carbonyl (C=O) groups excluding carboxylic acids is 1. The molecule has 0 N–H and O–H groups in total. The van der Waals surface area contributed by atoms with E-state index in [2.05, 4.69) is 0 Å². The molecule has 3 rings (SSSR count). The summed E-state index contributed by atoms with van der Waals surface area (Å²) in [5.41, 5.74) is 0.713. The van der Waals surface area contributed by atoms with Gasteiger partial charge in [0.1, 0.15) is 28.7 Å². The molecule has 28 heavy (non-hydrogen) atoms. The van der Waals surface area contributed by atoms with E-state index in [1.54, 1.807) is 62.8 Å². The Bertz CT molecular complexity index is 946. The number of hydrogen-bond acceptors (Lipinski definition) is 5. The Balaban J connectivity index is 1.62. The fraction of sp³-hybridized carbons (Fsp3) is 0.0870. The van der Waals surface area contributed by atoms with Crippen LogP contribution in [-0.2, 0) is 4.79 Å². The van der Waals surface area contributed by atoms with Crippen molar-refractivity contribution in [3.8, 4) is 28.7 Å². The van der Waals surface area contributed by atoms with E-state index >= 15 is 0 Å². The summed E-state index contributed by atoms with van der Waals surface area (Å²) in [6.07, 6.45) is 2.96. The van der Waals surface area contributed by atoms with Crippen LogP contribution in [0, 0.1) is 0 Å². The van der Waals surface area contributed by atoms with Crippen molar-refractivity contribution in [3.63, 3.8) is 0 Å². The van der Waals surface area contributed by atoms with Gasteiger partial charge in [-0.05, 0) is 60.7 Å². The van der Waals surface area contributed by atoms with Crippen molar-refractivity contribution >= 4 is 12.0 Å². The van der Waals surface area contributed by atoms with E-state index in [1.807, 2.05) is 30.3 Å². The zero-order valence-corrected chi connectivity index (χ0v) is 15.6. The number of methoxy groups -OCH3 is 2. The lowest BCUT2D eigenvalue weighted by molar-refractivity contribution is -0.128. The van der Waals surface area contributed by atoms with Gasteiger partial charge in [0.15, 0.2) is 0 Å². The van der Waals surface area contributed by atoms with Gasteiger partial charge < -0.3 is 18.9 Å². The van der Waals surface area contributed by atoms with E-state index in [1.165, 1.54) is 6.08 Å². The van der Waals surface area contributed by atoms with Crippen LogP contribution in [0.5, 0.6) is 28.7 Å². The van der Waals surface area contributed by atoms with Crippen LogP contribution >= 0.6 is 0 Å². The maximum Gasteiger partial charge on any atom is 0.336 e. The Kier molecular flexibility index (Phi) is 6.31. The van der Waals surface area contributed by atoms with Crippen molar-refractivity contribution in [3.05, 3.63) is 84.4 Å². The second-order valence-electron chi connectivity index (χ2n) is 5.75. The number of esters is 1. The van der Waals surface area contributed by atoms with Crippen LogP contribution in [0.1, 0.15) is 5.56 Å². The number of benzene rings is 3. The largest absolute Gasteiger partial charge is 0.497 e. The van der Waals surface area contributed by atoms with Gasteiger partial charge in [-0.15, -0.1) is 0 Å². The molecule has 0 aliphatic heterocycles. The van der Waals surface area contributed by atoms with E-state index in [-0.39, 0.29) is 0 Å². The molecule has 0 atom stereocenters. The van der Waals surface area contributed by atoms with Gasteiger partial charge in [-0.1, -0.05) is 18.2 Å². The Hall–Kier alpha value is -3.73. The number of carbonyl (C=O) groups is 1. The van der Waals surface area contributed by atoms with Crippen molar-refractivity contribution in [2.45, 2.75) is 0 Å². The molecule has 5 heteroatoms. The average Bonchev–Trinajstić information content (AvgIpc) is 2.74. The lowest BCUT2D eigenvalue weighted by Crippen LogP contribution is -2.03. The van der Waals surface area contributed by atoms with Crippen LogP contribution in [-0.4, -0.2) is 20.2 Å². The molecule has 3 aromatic carbocycles. The molecule has 3 aromatic rings. The maximum atomic E-state index is 12.1. The van der Waals surface area contributed by atoms with E-state index in [0.29, 0.717) is 28.6 Å². The van der Waals surface area contributed by atoms with Gasteiger partial charge in [-0.3, -0.25) is 0 Å². The molecule has 0 spiro atoms. The van der Waals surface area contributed by atoms with Crippen LogP contribution in [0.25, 0.3) is 6.08 Å². The minimum atomic E-state index is -0.499. The minimum Gasteiger partial charge on any atom is -0.497 e. The fourth-order valence-corrected chi connectivity index (χ4v) is 2.48. The smallest absolute Gasteiger partial charge is 0.336 e. The van der Waals surface area contributed by atoms with Gasteiger partial charge in [0.2, 0.25) is 0 Å². The molecule has 0 bridgehead atoms. The highest BCUT2D eigenvalue weighted by Crippen LogP contribution is 2.26. The predicted octanol–water partition coefficient (Wildman–Crippen LogP) is 5.11. The van der Waals surface area contributed by atoms with Crippen molar-refractivity contribution in [1.82, 2.24) is 0 Å². The first-order chi connectivity index (χ1) is 13.7. The Morgan fingerprint density at radius 1 is 0.750 bits per heavy atom. The highest BCUT2D eigenvalue weighted by molar-refractivity contribution is 5.89. The molecule has 0 unspecified atom stereocenters. The predicted molar refractivity (Wildman–Crippen MR) is 107 cm³/mol. The van der Waals surface area contributed by atoms with Crippen molar-refractivity contribution < 1.29 is 23.7 Å². The Labute approximate surface area is 163 Å². The molecule has 0 aromatic heterocycles. The monoisotopic (exact) mass is 376 g/mol. The summed E-state index contributed by atoms with van der Waals surface area (Å²) >= 11 is 0. The zero-order chi connectivity index (χ0) is 19.8. The van der Waals surface area contributed by atoms with E-state index in [4.69, 9.17) is 18.9 Å². The third-order valence-electron chi connectivity index (χ3n) is 3.86. The molecule has 5 nitrogen and oxygen atoms in total. The Morgan fingerprint density at radius 3 is 2.07 bits per heavy atom. The fourth-order valence-electron chi connectivity index (χ4n) is 2.48. The lowest BCUT2D eigenvalue weighted by atomic mass is 10.1. The average molecular weight is 376 g/mol. The highest BCUT2D eigenvalue weighted by atomic mass is 16.5. The molecule has 0 aliphatic carbocycles. The van der Waals surface area contributed by atoms with E-state index in [0.717, 1.165) is 5.75 Å². The molecule has 0 amide bonds. The highest BCUT2D eigenvalue weighted by Gasteiger charge is 2.05. The molecule has 0 saturated heterocycles. The number of rotatable bonds is 7. The molecule has 0 saturated carbocycles. The second-order valence-corrected chi connectivity index (χ2v) is 5.75. The zero-order valence-electron chi connectivity index (χ0n) is 15.6. The van der Waals surface area contributed by atoms with Crippen molar-refractivity contribution in [2.75, 3.05) is 14.2 Å². The summed E-state index contributed by atoms with van der Waals surface area (Å²) < 4.78 is 21.5. The summed E-state index contributed by atoms with van der Waals surface area (Å²) in [4.78, 5) is 12.1. The molecule has 0 aliphatic rings. The van der Waals surface area contributed by atoms with Crippen molar-refractivity contribution in [2.24, 2.45) is 0 Å². The first kappa shape index (κ1) is 19.0. The van der Waals surface area contributed by atoms with E-state index < -0.39 is 5.97 Å². The van der Waals surface area contributed by atoms with Crippen molar-refractivity contribution in [1.29, 1.82) is 0 Å². The van der Waals surface area contributed by atoms with Crippen LogP contribution < -0.4 is 18.9 Å². The summed E-state index contributed by atoms with van der Waals surface area (Å²) in [6, 6.07) is 21.6. The number of hydrogen-bond donors (Lipinski definition) is 0. The standard InChI is InChI=1S/C23H20O5/c1-25-21-13-14-22(26-2)17(16-21)8-15-23(24)28-20-11-9-19(10-12-20)27-18-6-4-3-5-7-18/h3-16H,1-2H3/b15-8+. The minimum absolute atomic E-state index is 0.424. The number of para-hydroxylation sites is 1. The second kappa shape index (κ2) is 9.28. The first-order valence-corrected chi connectivity index (χ1v) is 8.63. The molecule has 0 radical (unpaired) electrons. The first-order valence-electron chi connectivity index (χ1n) is 8.63. The summed E-state index contributed by atoms with van der Waals surface area (Å²) in [5, 5.41) is 0. The third-order valence-corrected chi connectivity index (χ3v) is 3.86.